The van der Waals surface area contributed by atoms with Crippen molar-refractivity contribution in [1.82, 2.24) is 4.90 Å². The number of benzene rings is 2. The van der Waals surface area contributed by atoms with Crippen molar-refractivity contribution < 1.29 is 17.9 Å². The molecule has 1 unspecified atom stereocenters. The molecule has 7 heteroatoms. The molecule has 0 bridgehead atoms. The van der Waals surface area contributed by atoms with Gasteiger partial charge in [0.15, 0.2) is 0 Å². The minimum atomic E-state index is -3.71. The van der Waals surface area contributed by atoms with E-state index in [4.69, 9.17) is 4.74 Å². The number of carbonyl (C=O) groups excluding carboxylic acids is 1. The molecule has 2 aromatic carbocycles. The molecular weight excluding hydrogens is 364 g/mol. The van der Waals surface area contributed by atoms with Crippen molar-refractivity contribution in [3.05, 3.63) is 59.7 Å². The highest BCUT2D eigenvalue weighted by Gasteiger charge is 2.23. The number of rotatable bonds is 5. The molecule has 2 aromatic rings. The Kier molecular flexibility index (Phi) is 5.82. The van der Waals surface area contributed by atoms with Crippen molar-refractivity contribution in [2.75, 3.05) is 24.4 Å². The largest absolute Gasteiger partial charge is 0.375 e. The van der Waals surface area contributed by atoms with Crippen molar-refractivity contribution in [1.29, 1.82) is 0 Å². The average Bonchev–Trinajstić information content (AvgIpc) is 2.67. The summed E-state index contributed by atoms with van der Waals surface area (Å²) < 4.78 is 33.2. The van der Waals surface area contributed by atoms with Gasteiger partial charge in [-0.15, -0.1) is 0 Å². The average molecular weight is 388 g/mol. The summed E-state index contributed by atoms with van der Waals surface area (Å²) >= 11 is 0. The van der Waals surface area contributed by atoms with Crippen molar-refractivity contribution in [2.45, 2.75) is 31.3 Å². The molecular formula is C20H24N2O4S. The van der Waals surface area contributed by atoms with Gasteiger partial charge in [0, 0.05) is 24.3 Å². The number of anilines is 1. The zero-order chi connectivity index (χ0) is 19.4. The third kappa shape index (κ3) is 4.67. The normalized spacial score (nSPS) is 17.6. The lowest BCUT2D eigenvalue weighted by atomic mass is 10.1. The Labute approximate surface area is 160 Å². The maximum Gasteiger partial charge on any atom is 0.261 e. The molecule has 1 saturated heterocycles. The molecule has 0 spiro atoms. The Morgan fingerprint density at radius 1 is 1.22 bits per heavy atom. The maximum atomic E-state index is 12.7. The number of carbonyl (C=O) groups is 1. The Morgan fingerprint density at radius 2 is 1.96 bits per heavy atom. The Morgan fingerprint density at radius 3 is 2.63 bits per heavy atom. The van der Waals surface area contributed by atoms with Crippen LogP contribution in [0.25, 0.3) is 0 Å². The van der Waals surface area contributed by atoms with E-state index < -0.39 is 10.0 Å². The Balaban J connectivity index is 1.77. The van der Waals surface area contributed by atoms with Gasteiger partial charge >= 0.3 is 0 Å². The molecule has 0 aromatic heterocycles. The quantitative estimate of drug-likeness (QED) is 0.855. The molecule has 0 radical (unpaired) electrons. The number of nitrogens with one attached hydrogen (secondary N) is 1. The first kappa shape index (κ1) is 19.4. The van der Waals surface area contributed by atoms with Crippen LogP contribution in [0.15, 0.2) is 53.4 Å². The lowest BCUT2D eigenvalue weighted by molar-refractivity contribution is -0.0124. The molecule has 0 saturated carbocycles. The lowest BCUT2D eigenvalue weighted by Gasteiger charge is -2.31. The fourth-order valence-electron chi connectivity index (χ4n) is 3.02. The third-order valence-electron chi connectivity index (χ3n) is 4.53. The number of hydrogen-bond acceptors (Lipinski definition) is 4. The van der Waals surface area contributed by atoms with E-state index in [1.165, 1.54) is 0 Å². The van der Waals surface area contributed by atoms with Crippen LogP contribution >= 0.6 is 0 Å². The van der Waals surface area contributed by atoms with Crippen LogP contribution in [0.1, 0.15) is 29.8 Å². The molecule has 27 heavy (non-hydrogen) atoms. The molecule has 1 aliphatic rings. The number of morpholine rings is 1. The first-order valence-electron chi connectivity index (χ1n) is 9.02. The second-order valence-corrected chi connectivity index (χ2v) is 8.30. The highest BCUT2D eigenvalue weighted by atomic mass is 32.2. The SMILES string of the molecule is CCc1ccc(S(=O)(=O)Nc2cccc(C(=O)N3CCOC(C)C3)c2)cc1. The number of sulfonamides is 1. The first-order valence-corrected chi connectivity index (χ1v) is 10.5. The summed E-state index contributed by atoms with van der Waals surface area (Å²) in [6.45, 7) is 5.50. The highest BCUT2D eigenvalue weighted by molar-refractivity contribution is 7.92. The summed E-state index contributed by atoms with van der Waals surface area (Å²) in [5, 5.41) is 0. The fourth-order valence-corrected chi connectivity index (χ4v) is 4.07. The summed E-state index contributed by atoms with van der Waals surface area (Å²) in [5.74, 6) is -0.126. The summed E-state index contributed by atoms with van der Waals surface area (Å²) in [6, 6.07) is 13.3. The maximum absolute atomic E-state index is 12.7. The van der Waals surface area contributed by atoms with Gasteiger partial charge < -0.3 is 9.64 Å². The summed E-state index contributed by atoms with van der Waals surface area (Å²) in [7, 11) is -3.71. The van der Waals surface area contributed by atoms with E-state index in [0.717, 1.165) is 12.0 Å². The van der Waals surface area contributed by atoms with Gasteiger partial charge in [-0.25, -0.2) is 8.42 Å². The van der Waals surface area contributed by atoms with E-state index in [2.05, 4.69) is 4.72 Å². The number of nitrogens with zero attached hydrogens (tertiary/aromatic N) is 1. The second kappa shape index (κ2) is 8.10. The highest BCUT2D eigenvalue weighted by Crippen LogP contribution is 2.19. The smallest absolute Gasteiger partial charge is 0.261 e. The van der Waals surface area contributed by atoms with Crippen LogP contribution in [0.5, 0.6) is 0 Å². The van der Waals surface area contributed by atoms with Crippen LogP contribution in [-0.2, 0) is 21.2 Å². The van der Waals surface area contributed by atoms with Crippen molar-refractivity contribution >= 4 is 21.6 Å². The molecule has 1 fully saturated rings. The molecule has 1 atom stereocenters. The molecule has 3 rings (SSSR count). The predicted molar refractivity (Wildman–Crippen MR) is 104 cm³/mol. The van der Waals surface area contributed by atoms with Crippen molar-refractivity contribution in [3.8, 4) is 0 Å². The zero-order valence-electron chi connectivity index (χ0n) is 15.5. The van der Waals surface area contributed by atoms with Gasteiger partial charge in [0.25, 0.3) is 15.9 Å². The zero-order valence-corrected chi connectivity index (χ0v) is 16.3. The van der Waals surface area contributed by atoms with Gasteiger partial charge in [-0.1, -0.05) is 25.1 Å². The fraction of sp³-hybridized carbons (Fsp3) is 0.350. The standard InChI is InChI=1S/C20H24N2O4S/c1-3-16-7-9-19(10-8-16)27(24,25)21-18-6-4-5-17(13-18)20(23)22-11-12-26-15(2)14-22/h4-10,13,15,21H,3,11-12,14H2,1-2H3. The minimum absolute atomic E-state index is 0.00419. The Bertz CT molecular complexity index is 910. The molecule has 1 N–H and O–H groups in total. The summed E-state index contributed by atoms with van der Waals surface area (Å²) in [4.78, 5) is 14.6. The lowest BCUT2D eigenvalue weighted by Crippen LogP contribution is -2.44. The van der Waals surface area contributed by atoms with Gasteiger partial charge in [-0.05, 0) is 49.2 Å². The molecule has 144 valence electrons. The number of aryl methyl sites for hydroxylation is 1. The van der Waals surface area contributed by atoms with Crippen LogP contribution in [0, 0.1) is 0 Å². The van der Waals surface area contributed by atoms with E-state index in [1.54, 1.807) is 53.4 Å². The number of hydrogen-bond donors (Lipinski definition) is 1. The second-order valence-electron chi connectivity index (χ2n) is 6.62. The van der Waals surface area contributed by atoms with Gasteiger partial charge in [-0.2, -0.15) is 0 Å². The molecule has 6 nitrogen and oxygen atoms in total. The monoisotopic (exact) mass is 388 g/mol. The van der Waals surface area contributed by atoms with Crippen LogP contribution in [0.4, 0.5) is 5.69 Å². The van der Waals surface area contributed by atoms with E-state index in [1.807, 2.05) is 13.8 Å². The van der Waals surface area contributed by atoms with E-state index >= 15 is 0 Å². The molecule has 1 heterocycles. The minimum Gasteiger partial charge on any atom is -0.375 e. The van der Waals surface area contributed by atoms with Gasteiger partial charge in [-0.3, -0.25) is 9.52 Å². The predicted octanol–water partition coefficient (Wildman–Crippen LogP) is 2.91. The summed E-state index contributed by atoms with van der Waals surface area (Å²) in [5.41, 5.74) is 1.88. The van der Waals surface area contributed by atoms with Crippen LogP contribution in [0.3, 0.4) is 0 Å². The van der Waals surface area contributed by atoms with Crippen LogP contribution in [0.2, 0.25) is 0 Å². The van der Waals surface area contributed by atoms with Crippen molar-refractivity contribution in [2.24, 2.45) is 0 Å². The van der Waals surface area contributed by atoms with E-state index in [0.29, 0.717) is 30.9 Å². The van der Waals surface area contributed by atoms with Crippen LogP contribution < -0.4 is 4.72 Å². The van der Waals surface area contributed by atoms with E-state index in [9.17, 15) is 13.2 Å². The molecule has 0 aliphatic carbocycles. The topological polar surface area (TPSA) is 75.7 Å². The van der Waals surface area contributed by atoms with Gasteiger partial charge in [0.1, 0.15) is 0 Å². The molecule has 1 aliphatic heterocycles. The number of amides is 1. The molecule has 1 amide bonds. The van der Waals surface area contributed by atoms with Crippen molar-refractivity contribution in [3.63, 3.8) is 0 Å². The summed E-state index contributed by atoms with van der Waals surface area (Å²) in [6.07, 6.45) is 0.841. The third-order valence-corrected chi connectivity index (χ3v) is 5.93. The first-order chi connectivity index (χ1) is 12.9. The Hall–Kier alpha value is -2.38. The van der Waals surface area contributed by atoms with Gasteiger partial charge in [0.05, 0.1) is 17.6 Å². The van der Waals surface area contributed by atoms with E-state index in [-0.39, 0.29) is 16.9 Å². The van der Waals surface area contributed by atoms with Crippen LogP contribution in [-0.4, -0.2) is 45.0 Å². The van der Waals surface area contributed by atoms with Gasteiger partial charge in [0.2, 0.25) is 0 Å². The number of ether oxygens (including phenoxy) is 1.